The number of nitrogens with one attached hydrogen (secondary N) is 1. The molecule has 0 saturated carbocycles. The van der Waals surface area contributed by atoms with E-state index in [4.69, 9.17) is 4.98 Å². The summed E-state index contributed by atoms with van der Waals surface area (Å²) < 4.78 is 2.46. The van der Waals surface area contributed by atoms with E-state index < -0.39 is 0 Å². The van der Waals surface area contributed by atoms with Crippen LogP contribution in [0.2, 0.25) is 0 Å². The Morgan fingerprint density at radius 2 is 1.94 bits per heavy atom. The molecule has 0 bridgehead atoms. The lowest BCUT2D eigenvalue weighted by atomic mass is 9.84. The summed E-state index contributed by atoms with van der Waals surface area (Å²) in [6.45, 7) is 9.26. The molecule has 2 heterocycles. The van der Waals surface area contributed by atoms with Crippen LogP contribution in [-0.2, 0) is 6.42 Å². The van der Waals surface area contributed by atoms with Crippen LogP contribution < -0.4 is 5.32 Å². The Morgan fingerprint density at radius 1 is 1.18 bits per heavy atom. The SMILES string of the molecule is CC1Cc2c(nc3n2C(C)CC(C)N3)C(C)C1. The van der Waals surface area contributed by atoms with Gasteiger partial charge >= 0.3 is 0 Å². The summed E-state index contributed by atoms with van der Waals surface area (Å²) in [6.07, 6.45) is 3.69. The van der Waals surface area contributed by atoms with Gasteiger partial charge in [-0.05, 0) is 39.0 Å². The third kappa shape index (κ3) is 1.67. The predicted octanol–water partition coefficient (Wildman–Crippen LogP) is 3.33. The van der Waals surface area contributed by atoms with Crippen molar-refractivity contribution in [2.45, 2.75) is 65.0 Å². The van der Waals surface area contributed by atoms with E-state index in [2.05, 4.69) is 37.6 Å². The van der Waals surface area contributed by atoms with Gasteiger partial charge in [0.1, 0.15) is 0 Å². The normalized spacial score (nSPS) is 36.0. The van der Waals surface area contributed by atoms with Crippen molar-refractivity contribution in [1.82, 2.24) is 9.55 Å². The lowest BCUT2D eigenvalue weighted by Gasteiger charge is -2.31. The molecule has 1 aromatic heterocycles. The van der Waals surface area contributed by atoms with E-state index in [0.717, 1.165) is 11.9 Å². The third-order valence-electron chi connectivity index (χ3n) is 4.32. The Morgan fingerprint density at radius 3 is 2.71 bits per heavy atom. The molecule has 0 spiro atoms. The van der Waals surface area contributed by atoms with Crippen LogP contribution in [0.1, 0.15) is 63.9 Å². The van der Waals surface area contributed by atoms with Crippen molar-refractivity contribution < 1.29 is 0 Å². The lowest BCUT2D eigenvalue weighted by molar-refractivity contribution is 0.396. The number of rotatable bonds is 0. The van der Waals surface area contributed by atoms with Crippen molar-refractivity contribution >= 4 is 5.95 Å². The quantitative estimate of drug-likeness (QED) is 0.745. The van der Waals surface area contributed by atoms with E-state index in [-0.39, 0.29) is 0 Å². The summed E-state index contributed by atoms with van der Waals surface area (Å²) in [5.74, 6) is 2.53. The highest BCUT2D eigenvalue weighted by molar-refractivity contribution is 5.40. The number of anilines is 1. The summed E-state index contributed by atoms with van der Waals surface area (Å²) in [5.41, 5.74) is 2.85. The van der Waals surface area contributed by atoms with E-state index in [0.29, 0.717) is 18.0 Å². The highest BCUT2D eigenvalue weighted by Gasteiger charge is 2.32. The average Bonchev–Trinajstić information content (AvgIpc) is 2.56. The van der Waals surface area contributed by atoms with E-state index in [9.17, 15) is 0 Å². The van der Waals surface area contributed by atoms with Gasteiger partial charge in [0.25, 0.3) is 0 Å². The van der Waals surface area contributed by atoms with Crippen molar-refractivity contribution in [3.8, 4) is 0 Å². The molecule has 0 fully saturated rings. The Hall–Kier alpha value is -0.990. The summed E-state index contributed by atoms with van der Waals surface area (Å²) in [7, 11) is 0. The molecule has 4 unspecified atom stereocenters. The largest absolute Gasteiger partial charge is 0.353 e. The fourth-order valence-corrected chi connectivity index (χ4v) is 3.68. The van der Waals surface area contributed by atoms with Gasteiger partial charge < -0.3 is 9.88 Å². The van der Waals surface area contributed by atoms with Crippen LogP contribution in [0, 0.1) is 5.92 Å². The summed E-state index contributed by atoms with van der Waals surface area (Å²) in [5, 5.41) is 3.53. The van der Waals surface area contributed by atoms with E-state index in [1.165, 1.54) is 30.7 Å². The molecule has 0 aromatic carbocycles. The fraction of sp³-hybridized carbons (Fsp3) is 0.786. The van der Waals surface area contributed by atoms with Gasteiger partial charge in [-0.3, -0.25) is 0 Å². The van der Waals surface area contributed by atoms with Crippen LogP contribution >= 0.6 is 0 Å². The van der Waals surface area contributed by atoms with Crippen LogP contribution in [0.4, 0.5) is 5.95 Å². The molecule has 0 amide bonds. The zero-order valence-electron chi connectivity index (χ0n) is 11.3. The molecule has 1 N–H and O–H groups in total. The van der Waals surface area contributed by atoms with Gasteiger partial charge in [0, 0.05) is 23.7 Å². The standard InChI is InChI=1S/C14H23N3/c1-8-5-9(2)13-12(6-8)17-11(4)7-10(3)15-14(17)16-13/h8-11H,5-7H2,1-4H3,(H,15,16). The second-order valence-corrected chi connectivity index (χ2v) is 6.21. The Bertz CT molecular complexity index is 435. The first kappa shape index (κ1) is 11.1. The fourth-order valence-electron chi connectivity index (χ4n) is 3.68. The van der Waals surface area contributed by atoms with Crippen molar-refractivity contribution in [3.05, 3.63) is 11.4 Å². The molecule has 0 radical (unpaired) electrons. The van der Waals surface area contributed by atoms with Gasteiger partial charge in [-0.2, -0.15) is 0 Å². The Kier molecular flexibility index (Phi) is 2.46. The first-order valence-electron chi connectivity index (χ1n) is 6.93. The predicted molar refractivity (Wildman–Crippen MR) is 70.5 cm³/mol. The zero-order chi connectivity index (χ0) is 12.2. The number of aromatic nitrogens is 2. The zero-order valence-corrected chi connectivity index (χ0v) is 11.3. The molecule has 4 atom stereocenters. The topological polar surface area (TPSA) is 29.9 Å². The Balaban J connectivity index is 2.09. The van der Waals surface area contributed by atoms with Crippen LogP contribution in [0.5, 0.6) is 0 Å². The second-order valence-electron chi connectivity index (χ2n) is 6.21. The molecule has 2 aliphatic rings. The molecule has 1 aliphatic carbocycles. The smallest absolute Gasteiger partial charge is 0.203 e. The summed E-state index contributed by atoms with van der Waals surface area (Å²) in [6, 6.07) is 1.14. The number of hydrogen-bond acceptors (Lipinski definition) is 2. The van der Waals surface area contributed by atoms with Crippen LogP contribution in [0.3, 0.4) is 0 Å². The van der Waals surface area contributed by atoms with Gasteiger partial charge in [0.05, 0.1) is 5.69 Å². The molecule has 3 rings (SSSR count). The minimum Gasteiger partial charge on any atom is -0.353 e. The van der Waals surface area contributed by atoms with Gasteiger partial charge in [-0.25, -0.2) is 4.98 Å². The molecule has 17 heavy (non-hydrogen) atoms. The van der Waals surface area contributed by atoms with Crippen LogP contribution in [0.15, 0.2) is 0 Å². The monoisotopic (exact) mass is 233 g/mol. The molecule has 1 aromatic rings. The first-order chi connectivity index (χ1) is 8.06. The molecular weight excluding hydrogens is 210 g/mol. The van der Waals surface area contributed by atoms with E-state index >= 15 is 0 Å². The highest BCUT2D eigenvalue weighted by atomic mass is 15.3. The van der Waals surface area contributed by atoms with Crippen LogP contribution in [0.25, 0.3) is 0 Å². The second kappa shape index (κ2) is 3.76. The maximum absolute atomic E-state index is 4.86. The minimum absolute atomic E-state index is 0.550. The van der Waals surface area contributed by atoms with Crippen molar-refractivity contribution in [2.24, 2.45) is 5.92 Å². The van der Waals surface area contributed by atoms with E-state index in [1.54, 1.807) is 0 Å². The van der Waals surface area contributed by atoms with Crippen LogP contribution in [-0.4, -0.2) is 15.6 Å². The lowest BCUT2D eigenvalue weighted by Crippen LogP contribution is -2.30. The number of fused-ring (bicyclic) bond motifs is 3. The summed E-state index contributed by atoms with van der Waals surface area (Å²) in [4.78, 5) is 4.86. The molecule has 3 nitrogen and oxygen atoms in total. The van der Waals surface area contributed by atoms with Crippen molar-refractivity contribution in [3.63, 3.8) is 0 Å². The molecular formula is C14H23N3. The van der Waals surface area contributed by atoms with E-state index in [1.807, 2.05) is 0 Å². The van der Waals surface area contributed by atoms with Gasteiger partial charge in [0.2, 0.25) is 5.95 Å². The Labute approximate surface area is 104 Å². The maximum atomic E-state index is 4.86. The van der Waals surface area contributed by atoms with Crippen molar-refractivity contribution in [1.29, 1.82) is 0 Å². The molecule has 94 valence electrons. The number of hydrogen-bond donors (Lipinski definition) is 1. The molecule has 3 heteroatoms. The highest BCUT2D eigenvalue weighted by Crippen LogP contribution is 2.39. The molecule has 1 aliphatic heterocycles. The average molecular weight is 233 g/mol. The number of nitrogens with zero attached hydrogens (tertiary/aromatic N) is 2. The van der Waals surface area contributed by atoms with Gasteiger partial charge in [0.15, 0.2) is 0 Å². The van der Waals surface area contributed by atoms with Gasteiger partial charge in [-0.15, -0.1) is 0 Å². The maximum Gasteiger partial charge on any atom is 0.203 e. The summed E-state index contributed by atoms with van der Waals surface area (Å²) >= 11 is 0. The van der Waals surface area contributed by atoms with Gasteiger partial charge in [-0.1, -0.05) is 13.8 Å². The van der Waals surface area contributed by atoms with Crippen molar-refractivity contribution in [2.75, 3.05) is 5.32 Å². The first-order valence-corrected chi connectivity index (χ1v) is 6.93. The third-order valence-corrected chi connectivity index (χ3v) is 4.32. The number of imidazole rings is 1. The molecule has 0 saturated heterocycles. The minimum atomic E-state index is 0.550.